The molecule has 2 N–H and O–H groups in total. The summed E-state index contributed by atoms with van der Waals surface area (Å²) < 4.78 is 22.4. The van der Waals surface area contributed by atoms with Gasteiger partial charge in [-0.2, -0.15) is 0 Å². The summed E-state index contributed by atoms with van der Waals surface area (Å²) in [5.41, 5.74) is 1.35. The lowest BCUT2D eigenvalue weighted by Crippen LogP contribution is -2.58. The summed E-state index contributed by atoms with van der Waals surface area (Å²) in [6, 6.07) is 5.33. The molecule has 2 aromatic heterocycles. The van der Waals surface area contributed by atoms with E-state index >= 15 is 0 Å². The van der Waals surface area contributed by atoms with E-state index in [-0.39, 0.29) is 23.4 Å². The number of anilines is 2. The highest BCUT2D eigenvalue weighted by Gasteiger charge is 2.45. The molecule has 5 heterocycles. The summed E-state index contributed by atoms with van der Waals surface area (Å²) in [6.45, 7) is 7.90. The molecule has 1 amide bonds. The minimum atomic E-state index is -0.212. The van der Waals surface area contributed by atoms with Gasteiger partial charge in [-0.25, -0.2) is 9.97 Å². The molecule has 12 heteroatoms. The van der Waals surface area contributed by atoms with Crippen LogP contribution in [-0.2, 0) is 14.3 Å². The topological polar surface area (TPSA) is 107 Å². The van der Waals surface area contributed by atoms with Crippen molar-refractivity contribution in [3.05, 3.63) is 47.1 Å². The molecular formula is C31H35Cl2N5O5. The predicted molar refractivity (Wildman–Crippen MR) is 168 cm³/mol. The van der Waals surface area contributed by atoms with Crippen LogP contribution < -0.4 is 25.0 Å². The van der Waals surface area contributed by atoms with E-state index in [4.69, 9.17) is 52.1 Å². The van der Waals surface area contributed by atoms with Crippen LogP contribution in [0, 0.1) is 5.41 Å². The van der Waals surface area contributed by atoms with Crippen molar-refractivity contribution in [2.75, 3.05) is 64.0 Å². The van der Waals surface area contributed by atoms with Gasteiger partial charge in [0.15, 0.2) is 0 Å². The molecule has 0 bridgehead atoms. The first kappa shape index (κ1) is 29.7. The second-order valence-electron chi connectivity index (χ2n) is 11.3. The molecule has 228 valence electrons. The van der Waals surface area contributed by atoms with Gasteiger partial charge in [0, 0.05) is 66.9 Å². The Morgan fingerprint density at radius 1 is 1.07 bits per heavy atom. The highest BCUT2D eigenvalue weighted by atomic mass is 35.5. The zero-order valence-corrected chi connectivity index (χ0v) is 25.8. The summed E-state index contributed by atoms with van der Waals surface area (Å²) in [6.07, 6.45) is 5.84. The fourth-order valence-electron chi connectivity index (χ4n) is 6.21. The predicted octanol–water partition coefficient (Wildman–Crippen LogP) is 5.11. The Morgan fingerprint density at radius 3 is 2.47 bits per heavy atom. The van der Waals surface area contributed by atoms with E-state index in [1.807, 2.05) is 18.3 Å². The van der Waals surface area contributed by atoms with Gasteiger partial charge >= 0.3 is 0 Å². The molecule has 3 aromatic rings. The number of hydrogen-bond acceptors (Lipinski definition) is 9. The Balaban J connectivity index is 1.41. The maximum Gasteiger partial charge on any atom is 0.243 e. The fraction of sp³-hybridized carbons (Fsp3) is 0.452. The van der Waals surface area contributed by atoms with Crippen LogP contribution in [0.4, 0.5) is 11.6 Å². The van der Waals surface area contributed by atoms with Crippen LogP contribution in [0.15, 0.2) is 37.1 Å². The van der Waals surface area contributed by atoms with E-state index in [1.54, 1.807) is 20.3 Å². The molecule has 1 aromatic carbocycles. The number of pyridine rings is 2. The van der Waals surface area contributed by atoms with Gasteiger partial charge < -0.3 is 34.5 Å². The molecule has 3 aliphatic rings. The average molecular weight is 629 g/mol. The van der Waals surface area contributed by atoms with Gasteiger partial charge in [-0.15, -0.1) is 0 Å². The molecule has 1 spiro atoms. The van der Waals surface area contributed by atoms with Crippen molar-refractivity contribution in [1.82, 2.24) is 15.3 Å². The summed E-state index contributed by atoms with van der Waals surface area (Å²) in [5.74, 6) is 2.15. The maximum atomic E-state index is 12.0. The number of amides is 1. The Hall–Kier alpha value is -3.31. The summed E-state index contributed by atoms with van der Waals surface area (Å²) in [5, 5.41) is 9.02. The van der Waals surface area contributed by atoms with Crippen LogP contribution in [0.25, 0.3) is 22.0 Å². The average Bonchev–Trinajstić information content (AvgIpc) is 3.01. The first-order valence-corrected chi connectivity index (χ1v) is 15.1. The molecule has 3 saturated heterocycles. The Kier molecular flexibility index (Phi) is 8.55. The minimum absolute atomic E-state index is 0.118. The second kappa shape index (κ2) is 12.4. The molecule has 2 atom stereocenters. The number of carbonyl (C=O) groups excluding carboxylic acids is 1. The number of benzene rings is 1. The number of ether oxygens (including phenoxy) is 4. The molecule has 0 saturated carbocycles. The first-order chi connectivity index (χ1) is 20.8. The van der Waals surface area contributed by atoms with Crippen LogP contribution in [0.2, 0.25) is 10.0 Å². The lowest BCUT2D eigenvalue weighted by atomic mass is 9.73. The van der Waals surface area contributed by atoms with Crippen LogP contribution >= 0.6 is 23.2 Å². The molecular weight excluding hydrogens is 593 g/mol. The number of fused-ring (bicyclic) bond motifs is 1. The molecule has 0 aliphatic carbocycles. The Bertz CT molecular complexity index is 1510. The van der Waals surface area contributed by atoms with Crippen molar-refractivity contribution in [3.63, 3.8) is 0 Å². The van der Waals surface area contributed by atoms with Gasteiger partial charge in [0.25, 0.3) is 0 Å². The van der Waals surface area contributed by atoms with E-state index < -0.39 is 0 Å². The number of nitrogens with zero attached hydrogens (tertiary/aromatic N) is 3. The zero-order valence-electron chi connectivity index (χ0n) is 24.3. The number of hydrogen-bond donors (Lipinski definition) is 2. The van der Waals surface area contributed by atoms with Gasteiger partial charge in [0.05, 0.1) is 48.6 Å². The lowest BCUT2D eigenvalue weighted by Gasteiger charge is -2.53. The Morgan fingerprint density at radius 2 is 1.79 bits per heavy atom. The highest BCUT2D eigenvalue weighted by Crippen LogP contribution is 2.48. The van der Waals surface area contributed by atoms with E-state index in [0.29, 0.717) is 58.3 Å². The molecule has 0 unspecified atom stereocenters. The monoisotopic (exact) mass is 627 g/mol. The summed E-state index contributed by atoms with van der Waals surface area (Å²) in [4.78, 5) is 24.2. The number of aromatic nitrogens is 2. The van der Waals surface area contributed by atoms with Crippen LogP contribution in [0.5, 0.6) is 11.5 Å². The SMILES string of the molecule is C=CC(=O)N[C@H]1CCOC[C@H]1Nc1cc2c(N3CC4(CCOCC4)C3)nc(-c3c(Cl)c(OC)cc(OC)c3Cl)cc2cn1. The second-order valence-corrected chi connectivity index (χ2v) is 12.1. The number of halogens is 2. The van der Waals surface area contributed by atoms with E-state index in [0.717, 1.165) is 55.7 Å². The Labute approximate surface area is 260 Å². The van der Waals surface area contributed by atoms with Gasteiger partial charge in [0.2, 0.25) is 5.91 Å². The number of carbonyl (C=O) groups is 1. The van der Waals surface area contributed by atoms with Gasteiger partial charge in [-0.1, -0.05) is 29.8 Å². The van der Waals surface area contributed by atoms with E-state index in [9.17, 15) is 4.79 Å². The van der Waals surface area contributed by atoms with E-state index in [1.165, 1.54) is 6.08 Å². The fourth-order valence-corrected chi connectivity index (χ4v) is 6.90. The van der Waals surface area contributed by atoms with Crippen molar-refractivity contribution >= 4 is 51.5 Å². The van der Waals surface area contributed by atoms with Gasteiger partial charge in [-0.05, 0) is 37.5 Å². The quantitative estimate of drug-likeness (QED) is 0.329. The van der Waals surface area contributed by atoms with Crippen molar-refractivity contribution in [1.29, 1.82) is 0 Å². The number of methoxy groups -OCH3 is 2. The van der Waals surface area contributed by atoms with Crippen molar-refractivity contribution in [2.24, 2.45) is 5.41 Å². The minimum Gasteiger partial charge on any atom is -0.495 e. The van der Waals surface area contributed by atoms with Gasteiger partial charge in [0.1, 0.15) is 23.1 Å². The number of rotatable bonds is 8. The maximum absolute atomic E-state index is 12.0. The molecule has 0 radical (unpaired) electrons. The third-order valence-corrected chi connectivity index (χ3v) is 9.38. The van der Waals surface area contributed by atoms with Crippen LogP contribution in [0.1, 0.15) is 19.3 Å². The third kappa shape index (κ3) is 5.81. The smallest absolute Gasteiger partial charge is 0.243 e. The first-order valence-electron chi connectivity index (χ1n) is 14.4. The van der Waals surface area contributed by atoms with E-state index in [2.05, 4.69) is 22.1 Å². The van der Waals surface area contributed by atoms with Crippen molar-refractivity contribution in [3.8, 4) is 22.8 Å². The van der Waals surface area contributed by atoms with Crippen molar-refractivity contribution in [2.45, 2.75) is 31.3 Å². The summed E-state index contributed by atoms with van der Waals surface area (Å²) >= 11 is 13.6. The summed E-state index contributed by atoms with van der Waals surface area (Å²) in [7, 11) is 3.10. The van der Waals surface area contributed by atoms with Gasteiger partial charge in [-0.3, -0.25) is 4.79 Å². The molecule has 3 fully saturated rings. The highest BCUT2D eigenvalue weighted by molar-refractivity contribution is 6.41. The zero-order chi connectivity index (χ0) is 30.1. The molecule has 10 nitrogen and oxygen atoms in total. The third-order valence-electron chi connectivity index (χ3n) is 8.63. The molecule has 3 aliphatic heterocycles. The van der Waals surface area contributed by atoms with Crippen LogP contribution in [0.3, 0.4) is 0 Å². The van der Waals surface area contributed by atoms with Crippen molar-refractivity contribution < 1.29 is 23.7 Å². The standard InChI is InChI=1S/C31H35Cl2N5O5/c1-4-26(39)36-20-5-8-43-15-22(20)35-25-12-19-18(14-34-25)11-21(27-28(32)23(40-2)13-24(41-3)29(27)33)37-30(19)38-16-31(17-38)6-9-42-10-7-31/h4,11-14,20,22H,1,5-10,15-17H2,2-3H3,(H,34,35)(H,36,39)/t20-,22+/m0/s1. The largest absolute Gasteiger partial charge is 0.495 e. The lowest BCUT2D eigenvalue weighted by molar-refractivity contribution is -0.117. The number of nitrogens with one attached hydrogen (secondary N) is 2. The van der Waals surface area contributed by atoms with Crippen LogP contribution in [-0.4, -0.2) is 81.7 Å². The molecule has 43 heavy (non-hydrogen) atoms. The molecule has 6 rings (SSSR count). The normalized spacial score (nSPS) is 21.3.